The van der Waals surface area contributed by atoms with Crippen LogP contribution >= 0.6 is 0 Å². The Morgan fingerprint density at radius 2 is 1.65 bits per heavy atom. The van der Waals surface area contributed by atoms with Crippen molar-refractivity contribution in [2.24, 2.45) is 23.7 Å². The molecule has 116 valence electrons. The van der Waals surface area contributed by atoms with Crippen molar-refractivity contribution >= 4 is 11.8 Å². The average molecular weight is 282 g/mol. The molecule has 0 aromatic heterocycles. The lowest BCUT2D eigenvalue weighted by Crippen LogP contribution is -2.31. The van der Waals surface area contributed by atoms with E-state index in [-0.39, 0.29) is 30.0 Å². The summed E-state index contributed by atoms with van der Waals surface area (Å²) in [5.74, 6) is 0.620. The number of ketones is 1. The second-order valence-electron chi connectivity index (χ2n) is 6.84. The number of esters is 1. The van der Waals surface area contributed by atoms with E-state index in [0.29, 0.717) is 18.4 Å². The minimum absolute atomic E-state index is 0.000162. The number of carbonyl (C=O) groups is 2. The summed E-state index contributed by atoms with van der Waals surface area (Å²) in [6, 6.07) is 0. The number of Topliss-reactive ketones (excluding diaryl/α,β-unsaturated/α-hetero) is 1. The van der Waals surface area contributed by atoms with Crippen LogP contribution in [0.15, 0.2) is 0 Å². The van der Waals surface area contributed by atoms with E-state index >= 15 is 0 Å². The van der Waals surface area contributed by atoms with E-state index in [1.165, 1.54) is 19.3 Å². The molecule has 3 nitrogen and oxygen atoms in total. The lowest BCUT2D eigenvalue weighted by atomic mass is 9.74. The summed E-state index contributed by atoms with van der Waals surface area (Å²) in [4.78, 5) is 24.4. The molecule has 3 heteroatoms. The largest absolute Gasteiger partial charge is 0.465 e. The van der Waals surface area contributed by atoms with E-state index in [1.807, 2.05) is 27.7 Å². The van der Waals surface area contributed by atoms with Gasteiger partial charge in [-0.3, -0.25) is 9.59 Å². The maximum Gasteiger partial charge on any atom is 0.306 e. The minimum atomic E-state index is -0.205. The molecule has 0 aromatic carbocycles. The summed E-state index contributed by atoms with van der Waals surface area (Å²) in [7, 11) is 0. The van der Waals surface area contributed by atoms with E-state index in [2.05, 4.69) is 0 Å². The highest BCUT2D eigenvalue weighted by molar-refractivity contribution is 5.87. The predicted octanol–water partition coefficient (Wildman–Crippen LogP) is 4.00. The lowest BCUT2D eigenvalue weighted by molar-refractivity contribution is -0.149. The van der Waals surface area contributed by atoms with E-state index in [9.17, 15) is 9.59 Å². The van der Waals surface area contributed by atoms with Crippen LogP contribution in [0.4, 0.5) is 0 Å². The van der Waals surface area contributed by atoms with Crippen LogP contribution in [0.5, 0.6) is 0 Å². The fraction of sp³-hybridized carbons (Fsp3) is 0.882. The summed E-state index contributed by atoms with van der Waals surface area (Å²) in [5, 5.41) is 0. The van der Waals surface area contributed by atoms with Gasteiger partial charge in [-0.05, 0) is 24.7 Å². The zero-order valence-electron chi connectivity index (χ0n) is 13.5. The second-order valence-corrected chi connectivity index (χ2v) is 6.84. The highest BCUT2D eigenvalue weighted by Gasteiger charge is 2.32. The van der Waals surface area contributed by atoms with Crippen LogP contribution in [-0.2, 0) is 14.3 Å². The molecule has 0 heterocycles. The van der Waals surface area contributed by atoms with Crippen molar-refractivity contribution in [3.8, 4) is 0 Å². The van der Waals surface area contributed by atoms with E-state index in [1.54, 1.807) is 0 Å². The molecular weight excluding hydrogens is 252 g/mol. The molecule has 1 rings (SSSR count). The monoisotopic (exact) mass is 282 g/mol. The zero-order valence-corrected chi connectivity index (χ0v) is 13.5. The van der Waals surface area contributed by atoms with Crippen molar-refractivity contribution in [1.82, 2.24) is 0 Å². The van der Waals surface area contributed by atoms with Crippen molar-refractivity contribution in [2.45, 2.75) is 66.2 Å². The number of hydrogen-bond acceptors (Lipinski definition) is 3. The van der Waals surface area contributed by atoms with Crippen molar-refractivity contribution in [2.75, 3.05) is 6.61 Å². The standard InChI is InChI=1S/C17H30O3/c1-12(2)11-20-16(18)10-15(17(19)13(3)4)14-8-6-5-7-9-14/h12-15H,5-11H2,1-4H3/t15-/m0/s1. The van der Waals surface area contributed by atoms with Gasteiger partial charge < -0.3 is 4.74 Å². The van der Waals surface area contributed by atoms with Gasteiger partial charge in [-0.1, -0.05) is 47.0 Å². The van der Waals surface area contributed by atoms with Gasteiger partial charge >= 0.3 is 5.97 Å². The van der Waals surface area contributed by atoms with E-state index in [0.717, 1.165) is 12.8 Å². The zero-order chi connectivity index (χ0) is 15.1. The van der Waals surface area contributed by atoms with Gasteiger partial charge in [0.15, 0.2) is 0 Å². The Kier molecular flexibility index (Phi) is 7.25. The third-order valence-electron chi connectivity index (χ3n) is 4.12. The normalized spacial score (nSPS) is 18.3. The summed E-state index contributed by atoms with van der Waals surface area (Å²) in [6.45, 7) is 8.34. The molecule has 0 bridgehead atoms. The lowest BCUT2D eigenvalue weighted by Gasteiger charge is -2.30. The number of ether oxygens (including phenoxy) is 1. The van der Waals surface area contributed by atoms with Crippen LogP contribution in [0, 0.1) is 23.7 Å². The maximum absolute atomic E-state index is 12.4. The molecular formula is C17H30O3. The van der Waals surface area contributed by atoms with Crippen molar-refractivity contribution in [3.05, 3.63) is 0 Å². The fourth-order valence-corrected chi connectivity index (χ4v) is 2.96. The van der Waals surface area contributed by atoms with Gasteiger partial charge in [-0.25, -0.2) is 0 Å². The van der Waals surface area contributed by atoms with Crippen LogP contribution in [0.1, 0.15) is 66.2 Å². The first kappa shape index (κ1) is 17.2. The topological polar surface area (TPSA) is 43.4 Å². The van der Waals surface area contributed by atoms with Crippen molar-refractivity contribution < 1.29 is 14.3 Å². The first-order valence-corrected chi connectivity index (χ1v) is 8.11. The van der Waals surface area contributed by atoms with Gasteiger partial charge in [0.1, 0.15) is 5.78 Å². The Morgan fingerprint density at radius 1 is 1.05 bits per heavy atom. The third kappa shape index (κ3) is 5.64. The van der Waals surface area contributed by atoms with Gasteiger partial charge in [0.05, 0.1) is 13.0 Å². The first-order valence-electron chi connectivity index (χ1n) is 8.11. The predicted molar refractivity (Wildman–Crippen MR) is 80.3 cm³/mol. The first-order chi connectivity index (χ1) is 9.41. The van der Waals surface area contributed by atoms with Crippen LogP contribution in [0.25, 0.3) is 0 Å². The van der Waals surface area contributed by atoms with Gasteiger partial charge in [0.25, 0.3) is 0 Å². The van der Waals surface area contributed by atoms with E-state index < -0.39 is 0 Å². The quantitative estimate of drug-likeness (QED) is 0.663. The Balaban J connectivity index is 2.62. The Hall–Kier alpha value is -0.860. The van der Waals surface area contributed by atoms with Crippen LogP contribution < -0.4 is 0 Å². The number of rotatable bonds is 7. The molecule has 0 aromatic rings. The molecule has 1 fully saturated rings. The molecule has 0 N–H and O–H groups in total. The molecule has 1 aliphatic carbocycles. The Morgan fingerprint density at radius 3 is 2.15 bits per heavy atom. The number of hydrogen-bond donors (Lipinski definition) is 0. The molecule has 1 saturated carbocycles. The smallest absolute Gasteiger partial charge is 0.306 e. The second kappa shape index (κ2) is 8.43. The molecule has 0 radical (unpaired) electrons. The van der Waals surface area contributed by atoms with Gasteiger partial charge in [0.2, 0.25) is 0 Å². The Labute approximate surface area is 123 Å². The molecule has 0 spiro atoms. The minimum Gasteiger partial charge on any atom is -0.465 e. The van der Waals surface area contributed by atoms with E-state index in [4.69, 9.17) is 4.74 Å². The SMILES string of the molecule is CC(C)COC(=O)C[C@H](C(=O)C(C)C)C1CCCCC1. The average Bonchev–Trinajstić information content (AvgIpc) is 2.42. The molecule has 20 heavy (non-hydrogen) atoms. The summed E-state index contributed by atoms with van der Waals surface area (Å²) >= 11 is 0. The van der Waals surface area contributed by atoms with Gasteiger partial charge in [0, 0.05) is 11.8 Å². The van der Waals surface area contributed by atoms with Gasteiger partial charge in [-0.2, -0.15) is 0 Å². The summed E-state index contributed by atoms with van der Waals surface area (Å²) in [6.07, 6.45) is 6.08. The highest BCUT2D eigenvalue weighted by Crippen LogP contribution is 2.34. The fourth-order valence-electron chi connectivity index (χ4n) is 2.96. The van der Waals surface area contributed by atoms with Crippen LogP contribution in [-0.4, -0.2) is 18.4 Å². The van der Waals surface area contributed by atoms with Gasteiger partial charge in [-0.15, -0.1) is 0 Å². The van der Waals surface area contributed by atoms with Crippen LogP contribution in [0.3, 0.4) is 0 Å². The summed E-state index contributed by atoms with van der Waals surface area (Å²) in [5.41, 5.74) is 0. The molecule has 0 aliphatic heterocycles. The summed E-state index contributed by atoms with van der Waals surface area (Å²) < 4.78 is 5.26. The molecule has 0 unspecified atom stereocenters. The van der Waals surface area contributed by atoms with Crippen molar-refractivity contribution in [1.29, 1.82) is 0 Å². The molecule has 1 atom stereocenters. The maximum atomic E-state index is 12.4. The molecule has 1 aliphatic rings. The third-order valence-corrected chi connectivity index (χ3v) is 4.12. The highest BCUT2D eigenvalue weighted by atomic mass is 16.5. The Bertz CT molecular complexity index is 314. The van der Waals surface area contributed by atoms with Crippen molar-refractivity contribution in [3.63, 3.8) is 0 Å². The van der Waals surface area contributed by atoms with Crippen LogP contribution in [0.2, 0.25) is 0 Å². The molecule has 0 amide bonds. The number of carbonyl (C=O) groups excluding carboxylic acids is 2. The molecule has 0 saturated heterocycles.